The summed E-state index contributed by atoms with van der Waals surface area (Å²) in [6.07, 6.45) is 0. The predicted molar refractivity (Wildman–Crippen MR) is 77.9 cm³/mol. The average molecular weight is 270 g/mol. The van der Waals surface area contributed by atoms with Crippen molar-refractivity contribution in [1.82, 2.24) is 4.98 Å². The van der Waals surface area contributed by atoms with Crippen LogP contribution in [0.1, 0.15) is 11.1 Å². The summed E-state index contributed by atoms with van der Waals surface area (Å²) in [5.41, 5.74) is 9.71. The molecule has 3 aromatic rings. The van der Waals surface area contributed by atoms with Crippen molar-refractivity contribution in [1.29, 1.82) is 0 Å². The largest absolute Gasteiger partial charge is 0.431 e. The molecule has 19 heavy (non-hydrogen) atoms. The lowest BCUT2D eigenvalue weighted by molar-refractivity contribution is 0.489. The van der Waals surface area contributed by atoms with Crippen molar-refractivity contribution in [2.75, 3.05) is 0 Å². The maximum absolute atomic E-state index is 5.67. The zero-order valence-electron chi connectivity index (χ0n) is 10.4. The van der Waals surface area contributed by atoms with Crippen LogP contribution in [0.15, 0.2) is 58.2 Å². The number of aromatic nitrogens is 1. The molecule has 0 amide bonds. The Kier molecular flexibility index (Phi) is 3.53. The average Bonchev–Trinajstić information content (AvgIpc) is 2.88. The number of fused-ring (bicyclic) bond motifs is 1. The fourth-order valence-corrected chi connectivity index (χ4v) is 2.62. The summed E-state index contributed by atoms with van der Waals surface area (Å²) in [6.45, 7) is 0.582. The molecule has 0 aliphatic rings. The second kappa shape index (κ2) is 5.47. The molecular formula is C15H14N2OS. The molecule has 1 aromatic heterocycles. The van der Waals surface area contributed by atoms with Crippen LogP contribution in [0.25, 0.3) is 11.1 Å². The first-order valence-electron chi connectivity index (χ1n) is 6.11. The molecule has 4 heteroatoms. The van der Waals surface area contributed by atoms with Crippen molar-refractivity contribution in [2.45, 2.75) is 17.5 Å². The fraction of sp³-hybridized carbons (Fsp3) is 0.133. The van der Waals surface area contributed by atoms with E-state index in [0.29, 0.717) is 11.8 Å². The number of rotatable bonds is 4. The van der Waals surface area contributed by atoms with Crippen LogP contribution in [0, 0.1) is 0 Å². The Morgan fingerprint density at radius 2 is 1.74 bits per heavy atom. The Balaban J connectivity index is 1.70. The van der Waals surface area contributed by atoms with E-state index in [-0.39, 0.29) is 0 Å². The van der Waals surface area contributed by atoms with Gasteiger partial charge in [0.25, 0.3) is 5.22 Å². The second-order valence-corrected chi connectivity index (χ2v) is 5.18. The molecule has 0 aliphatic carbocycles. The Morgan fingerprint density at radius 3 is 2.47 bits per heavy atom. The van der Waals surface area contributed by atoms with Crippen molar-refractivity contribution in [2.24, 2.45) is 5.73 Å². The van der Waals surface area contributed by atoms with E-state index >= 15 is 0 Å². The summed E-state index contributed by atoms with van der Waals surface area (Å²) in [6, 6.07) is 16.1. The van der Waals surface area contributed by atoms with Gasteiger partial charge in [-0.25, -0.2) is 4.98 Å². The third-order valence-corrected chi connectivity index (χ3v) is 3.79. The summed E-state index contributed by atoms with van der Waals surface area (Å²) in [7, 11) is 0. The summed E-state index contributed by atoms with van der Waals surface area (Å²) in [5, 5.41) is 0.712. The van der Waals surface area contributed by atoms with E-state index in [9.17, 15) is 0 Å². The number of hydrogen-bond donors (Lipinski definition) is 1. The standard InChI is InChI=1S/C15H14N2OS/c16-9-11-5-7-12(8-6-11)10-19-15-17-13-3-1-2-4-14(13)18-15/h1-8H,9-10,16H2. The Hall–Kier alpha value is -1.78. The van der Waals surface area contributed by atoms with Gasteiger partial charge in [-0.1, -0.05) is 48.2 Å². The molecule has 2 aromatic carbocycles. The van der Waals surface area contributed by atoms with Crippen molar-refractivity contribution >= 4 is 22.9 Å². The number of nitrogens with zero attached hydrogens (tertiary/aromatic N) is 1. The molecule has 0 bridgehead atoms. The third-order valence-electron chi connectivity index (χ3n) is 2.90. The van der Waals surface area contributed by atoms with Gasteiger partial charge in [-0.3, -0.25) is 0 Å². The lowest BCUT2D eigenvalue weighted by Crippen LogP contribution is -1.95. The van der Waals surface area contributed by atoms with Crippen LogP contribution in [0.5, 0.6) is 0 Å². The summed E-state index contributed by atoms with van der Waals surface area (Å²) in [5.74, 6) is 0.845. The normalized spacial score (nSPS) is 11.0. The van der Waals surface area contributed by atoms with E-state index in [2.05, 4.69) is 29.2 Å². The maximum Gasteiger partial charge on any atom is 0.257 e. The first kappa shape index (κ1) is 12.3. The van der Waals surface area contributed by atoms with E-state index in [1.807, 2.05) is 24.3 Å². The molecular weight excluding hydrogens is 256 g/mol. The highest BCUT2D eigenvalue weighted by Crippen LogP contribution is 2.26. The molecule has 1 heterocycles. The lowest BCUT2D eigenvalue weighted by Gasteiger charge is -2.00. The predicted octanol–water partition coefficient (Wildman–Crippen LogP) is 3.58. The van der Waals surface area contributed by atoms with Gasteiger partial charge < -0.3 is 10.2 Å². The maximum atomic E-state index is 5.67. The Labute approximate surface area is 115 Å². The topological polar surface area (TPSA) is 52.0 Å². The van der Waals surface area contributed by atoms with Gasteiger partial charge in [-0.15, -0.1) is 0 Å². The molecule has 3 nitrogen and oxygen atoms in total. The number of nitrogens with two attached hydrogens (primary N) is 1. The highest BCUT2D eigenvalue weighted by Gasteiger charge is 2.05. The van der Waals surface area contributed by atoms with Gasteiger partial charge in [0.05, 0.1) is 0 Å². The molecule has 96 valence electrons. The van der Waals surface area contributed by atoms with Gasteiger partial charge in [0, 0.05) is 12.3 Å². The number of hydrogen-bond acceptors (Lipinski definition) is 4. The van der Waals surface area contributed by atoms with Gasteiger partial charge in [-0.05, 0) is 23.3 Å². The molecule has 0 spiro atoms. The number of para-hydroxylation sites is 2. The van der Waals surface area contributed by atoms with E-state index in [1.54, 1.807) is 11.8 Å². The van der Waals surface area contributed by atoms with Crippen LogP contribution in [0.3, 0.4) is 0 Å². The summed E-state index contributed by atoms with van der Waals surface area (Å²) >= 11 is 1.60. The van der Waals surface area contributed by atoms with E-state index in [1.165, 1.54) is 5.56 Å². The van der Waals surface area contributed by atoms with Crippen molar-refractivity contribution in [3.05, 3.63) is 59.7 Å². The number of benzene rings is 2. The van der Waals surface area contributed by atoms with Gasteiger partial charge in [-0.2, -0.15) is 0 Å². The van der Waals surface area contributed by atoms with E-state index < -0.39 is 0 Å². The van der Waals surface area contributed by atoms with Crippen LogP contribution in [-0.4, -0.2) is 4.98 Å². The minimum absolute atomic E-state index is 0.582. The Bertz CT molecular complexity index is 643. The minimum Gasteiger partial charge on any atom is -0.431 e. The van der Waals surface area contributed by atoms with Gasteiger partial charge in [0.15, 0.2) is 5.58 Å². The van der Waals surface area contributed by atoms with Gasteiger partial charge in [0.2, 0.25) is 0 Å². The molecule has 2 N–H and O–H groups in total. The SMILES string of the molecule is NCc1ccc(CSc2nc3ccccc3o2)cc1. The molecule has 0 aliphatic heterocycles. The first-order valence-corrected chi connectivity index (χ1v) is 7.10. The third kappa shape index (κ3) is 2.80. The molecule has 0 unspecified atom stereocenters. The summed E-state index contributed by atoms with van der Waals surface area (Å²) < 4.78 is 5.67. The highest BCUT2D eigenvalue weighted by atomic mass is 32.2. The highest BCUT2D eigenvalue weighted by molar-refractivity contribution is 7.98. The van der Waals surface area contributed by atoms with Crippen molar-refractivity contribution in [3.63, 3.8) is 0 Å². The molecule has 0 fully saturated rings. The van der Waals surface area contributed by atoms with Crippen LogP contribution in [-0.2, 0) is 12.3 Å². The smallest absolute Gasteiger partial charge is 0.257 e. The van der Waals surface area contributed by atoms with Crippen LogP contribution in [0.4, 0.5) is 0 Å². The van der Waals surface area contributed by atoms with Crippen LogP contribution in [0.2, 0.25) is 0 Å². The summed E-state index contributed by atoms with van der Waals surface area (Å²) in [4.78, 5) is 4.44. The number of thioether (sulfide) groups is 1. The van der Waals surface area contributed by atoms with E-state index in [0.717, 1.165) is 22.4 Å². The second-order valence-electron chi connectivity index (χ2n) is 4.26. The quantitative estimate of drug-likeness (QED) is 0.736. The molecule has 0 saturated carbocycles. The number of oxazole rings is 1. The van der Waals surface area contributed by atoms with Crippen molar-refractivity contribution in [3.8, 4) is 0 Å². The van der Waals surface area contributed by atoms with Crippen LogP contribution >= 0.6 is 11.8 Å². The van der Waals surface area contributed by atoms with Gasteiger partial charge in [0.1, 0.15) is 5.52 Å². The zero-order valence-corrected chi connectivity index (χ0v) is 11.2. The first-order chi connectivity index (χ1) is 9.35. The zero-order chi connectivity index (χ0) is 13.1. The van der Waals surface area contributed by atoms with Gasteiger partial charge >= 0.3 is 0 Å². The molecule has 0 saturated heterocycles. The monoisotopic (exact) mass is 270 g/mol. The van der Waals surface area contributed by atoms with E-state index in [4.69, 9.17) is 10.2 Å². The van der Waals surface area contributed by atoms with Crippen molar-refractivity contribution < 1.29 is 4.42 Å². The Morgan fingerprint density at radius 1 is 1.00 bits per heavy atom. The minimum atomic E-state index is 0.582. The fourth-order valence-electron chi connectivity index (χ4n) is 1.83. The molecule has 0 radical (unpaired) electrons. The van der Waals surface area contributed by atoms with Crippen LogP contribution < -0.4 is 5.73 Å². The molecule has 0 atom stereocenters. The lowest BCUT2D eigenvalue weighted by atomic mass is 10.1. The molecule has 3 rings (SSSR count).